The molecule has 0 saturated carbocycles. The van der Waals surface area contributed by atoms with Crippen LogP contribution in [0, 0.1) is 0 Å². The summed E-state index contributed by atoms with van der Waals surface area (Å²) in [5.74, 6) is 0.543. The van der Waals surface area contributed by atoms with Crippen LogP contribution in [0.4, 0.5) is 0 Å². The number of carbonyl (C=O) groups excluding carboxylic acids is 1. The van der Waals surface area contributed by atoms with Crippen LogP contribution >= 0.6 is 0 Å². The van der Waals surface area contributed by atoms with E-state index in [9.17, 15) is 9.90 Å². The number of likely N-dealkylation sites (N-methyl/N-ethyl adjacent to an activating group) is 1. The highest BCUT2D eigenvalue weighted by molar-refractivity contribution is 5.98. The Morgan fingerprint density at radius 1 is 1.53 bits per heavy atom. The molecule has 1 aliphatic heterocycles. The zero-order valence-electron chi connectivity index (χ0n) is 8.24. The standard InChI is InChI=1S/C10H11NO4/c1-11-4-8(13)6-2-7(12)10-9(3-6)14-5-15-10/h2-3,11-12H,4-5H2,1H3. The van der Waals surface area contributed by atoms with Gasteiger partial charge in [-0.2, -0.15) is 0 Å². The van der Waals surface area contributed by atoms with Crippen molar-refractivity contribution in [2.45, 2.75) is 0 Å². The van der Waals surface area contributed by atoms with Crippen molar-refractivity contribution < 1.29 is 19.4 Å². The molecular weight excluding hydrogens is 198 g/mol. The lowest BCUT2D eigenvalue weighted by atomic mass is 10.1. The fourth-order valence-corrected chi connectivity index (χ4v) is 1.42. The van der Waals surface area contributed by atoms with E-state index in [0.29, 0.717) is 17.1 Å². The molecule has 1 aromatic carbocycles. The third-order valence-corrected chi connectivity index (χ3v) is 2.11. The van der Waals surface area contributed by atoms with E-state index in [1.165, 1.54) is 6.07 Å². The number of carbonyl (C=O) groups is 1. The van der Waals surface area contributed by atoms with Gasteiger partial charge in [0.05, 0.1) is 6.54 Å². The van der Waals surface area contributed by atoms with Gasteiger partial charge < -0.3 is 19.9 Å². The smallest absolute Gasteiger partial charge is 0.231 e. The lowest BCUT2D eigenvalue weighted by Gasteiger charge is -2.03. The number of aromatic hydroxyl groups is 1. The molecule has 2 rings (SSSR count). The Balaban J connectivity index is 2.35. The highest BCUT2D eigenvalue weighted by atomic mass is 16.7. The summed E-state index contributed by atoms with van der Waals surface area (Å²) in [6.07, 6.45) is 0. The first kappa shape index (κ1) is 9.79. The minimum Gasteiger partial charge on any atom is -0.504 e. The summed E-state index contributed by atoms with van der Waals surface area (Å²) in [5.41, 5.74) is 0.408. The molecule has 80 valence electrons. The number of ketones is 1. The van der Waals surface area contributed by atoms with E-state index in [1.807, 2.05) is 0 Å². The second kappa shape index (κ2) is 3.78. The minimum atomic E-state index is -0.105. The van der Waals surface area contributed by atoms with Crippen molar-refractivity contribution in [3.63, 3.8) is 0 Å². The zero-order valence-corrected chi connectivity index (χ0v) is 8.24. The Kier molecular flexibility index (Phi) is 2.47. The number of rotatable bonds is 3. The van der Waals surface area contributed by atoms with Gasteiger partial charge in [-0.3, -0.25) is 4.79 Å². The molecule has 0 saturated heterocycles. The first-order valence-corrected chi connectivity index (χ1v) is 4.53. The molecule has 2 N–H and O–H groups in total. The van der Waals surface area contributed by atoms with Crippen molar-refractivity contribution in [3.8, 4) is 17.2 Å². The monoisotopic (exact) mass is 209 g/mol. The van der Waals surface area contributed by atoms with Gasteiger partial charge in [0.25, 0.3) is 0 Å². The molecule has 0 unspecified atom stereocenters. The van der Waals surface area contributed by atoms with Gasteiger partial charge in [0.15, 0.2) is 17.3 Å². The molecule has 1 heterocycles. The Morgan fingerprint density at radius 2 is 2.33 bits per heavy atom. The van der Waals surface area contributed by atoms with Gasteiger partial charge >= 0.3 is 0 Å². The fraction of sp³-hybridized carbons (Fsp3) is 0.300. The summed E-state index contributed by atoms with van der Waals surface area (Å²) in [7, 11) is 1.69. The molecule has 5 heteroatoms. The van der Waals surface area contributed by atoms with Gasteiger partial charge in [0.2, 0.25) is 12.5 Å². The first-order valence-electron chi connectivity index (χ1n) is 4.53. The molecule has 15 heavy (non-hydrogen) atoms. The Bertz CT molecular complexity index is 403. The van der Waals surface area contributed by atoms with Gasteiger partial charge in [0, 0.05) is 5.56 Å². The minimum absolute atomic E-state index is 0.0653. The molecule has 0 fully saturated rings. The third kappa shape index (κ3) is 1.73. The average Bonchev–Trinajstić information content (AvgIpc) is 2.66. The number of Topliss-reactive ketones (excluding diaryl/α,β-unsaturated/α-hetero) is 1. The summed E-state index contributed by atoms with van der Waals surface area (Å²) < 4.78 is 10.1. The molecule has 5 nitrogen and oxygen atoms in total. The molecular formula is C10H11NO4. The number of nitrogens with one attached hydrogen (secondary N) is 1. The SMILES string of the molecule is CNCC(=O)c1cc(O)c2c(c1)OCO2. The topological polar surface area (TPSA) is 67.8 Å². The molecule has 0 aromatic heterocycles. The highest BCUT2D eigenvalue weighted by Crippen LogP contribution is 2.41. The number of benzene rings is 1. The van der Waals surface area contributed by atoms with Crippen LogP contribution in [0.1, 0.15) is 10.4 Å². The van der Waals surface area contributed by atoms with Gasteiger partial charge in [-0.25, -0.2) is 0 Å². The summed E-state index contributed by atoms with van der Waals surface area (Å²) in [5, 5.41) is 12.3. The Labute approximate surface area is 86.6 Å². The molecule has 1 aromatic rings. The van der Waals surface area contributed by atoms with Crippen molar-refractivity contribution >= 4 is 5.78 Å². The quantitative estimate of drug-likeness (QED) is 0.710. The van der Waals surface area contributed by atoms with E-state index in [-0.39, 0.29) is 24.9 Å². The first-order chi connectivity index (χ1) is 7.22. The number of hydrogen-bond acceptors (Lipinski definition) is 5. The number of fused-ring (bicyclic) bond motifs is 1. The number of phenolic OH excluding ortho intramolecular Hbond substituents is 1. The lowest BCUT2D eigenvalue weighted by Crippen LogP contribution is -2.18. The number of phenols is 1. The van der Waals surface area contributed by atoms with Crippen LogP contribution in [-0.4, -0.2) is 31.3 Å². The maximum absolute atomic E-state index is 11.5. The second-order valence-electron chi connectivity index (χ2n) is 3.18. The van der Waals surface area contributed by atoms with E-state index < -0.39 is 0 Å². The average molecular weight is 209 g/mol. The highest BCUT2D eigenvalue weighted by Gasteiger charge is 2.20. The van der Waals surface area contributed by atoms with Crippen molar-refractivity contribution in [1.29, 1.82) is 0 Å². The molecule has 0 amide bonds. The number of hydrogen-bond donors (Lipinski definition) is 2. The molecule has 1 aliphatic rings. The molecule has 0 radical (unpaired) electrons. The van der Waals surface area contributed by atoms with Crippen LogP contribution in [0.15, 0.2) is 12.1 Å². The molecule has 0 atom stereocenters. The predicted molar refractivity (Wildman–Crippen MR) is 52.5 cm³/mol. The van der Waals surface area contributed by atoms with Crippen LogP contribution in [0.2, 0.25) is 0 Å². The summed E-state index contributed by atoms with van der Waals surface area (Å²) >= 11 is 0. The fourth-order valence-electron chi connectivity index (χ4n) is 1.42. The van der Waals surface area contributed by atoms with Crippen molar-refractivity contribution in [3.05, 3.63) is 17.7 Å². The van der Waals surface area contributed by atoms with Gasteiger partial charge in [0.1, 0.15) is 0 Å². The van der Waals surface area contributed by atoms with Gasteiger partial charge in [-0.05, 0) is 19.2 Å². The molecule has 0 bridgehead atoms. The van der Waals surface area contributed by atoms with E-state index in [0.717, 1.165) is 0 Å². The third-order valence-electron chi connectivity index (χ3n) is 2.11. The molecule has 0 spiro atoms. The van der Waals surface area contributed by atoms with Gasteiger partial charge in [-0.1, -0.05) is 0 Å². The van der Waals surface area contributed by atoms with Crippen LogP contribution in [0.3, 0.4) is 0 Å². The van der Waals surface area contributed by atoms with E-state index in [1.54, 1.807) is 13.1 Å². The number of ether oxygens (including phenoxy) is 2. The van der Waals surface area contributed by atoms with Crippen LogP contribution in [0.25, 0.3) is 0 Å². The second-order valence-corrected chi connectivity index (χ2v) is 3.18. The Hall–Kier alpha value is -1.75. The van der Waals surface area contributed by atoms with Crippen LogP contribution in [-0.2, 0) is 0 Å². The van der Waals surface area contributed by atoms with Crippen LogP contribution < -0.4 is 14.8 Å². The maximum Gasteiger partial charge on any atom is 0.231 e. The summed E-state index contributed by atoms with van der Waals surface area (Å²) in [6, 6.07) is 2.95. The van der Waals surface area contributed by atoms with Crippen molar-refractivity contribution in [2.75, 3.05) is 20.4 Å². The summed E-state index contributed by atoms with van der Waals surface area (Å²) in [4.78, 5) is 11.5. The van der Waals surface area contributed by atoms with Crippen molar-refractivity contribution in [1.82, 2.24) is 5.32 Å². The largest absolute Gasteiger partial charge is 0.504 e. The van der Waals surface area contributed by atoms with Crippen molar-refractivity contribution in [2.24, 2.45) is 0 Å². The lowest BCUT2D eigenvalue weighted by molar-refractivity contribution is 0.0993. The Morgan fingerprint density at radius 3 is 3.07 bits per heavy atom. The van der Waals surface area contributed by atoms with E-state index >= 15 is 0 Å². The molecule has 0 aliphatic carbocycles. The zero-order chi connectivity index (χ0) is 10.8. The van der Waals surface area contributed by atoms with E-state index in [4.69, 9.17) is 9.47 Å². The van der Waals surface area contributed by atoms with Crippen LogP contribution in [0.5, 0.6) is 17.2 Å². The maximum atomic E-state index is 11.5. The van der Waals surface area contributed by atoms with Gasteiger partial charge in [-0.15, -0.1) is 0 Å². The summed E-state index contributed by atoms with van der Waals surface area (Å²) in [6.45, 7) is 0.297. The van der Waals surface area contributed by atoms with E-state index in [2.05, 4.69) is 5.32 Å². The normalized spacial score (nSPS) is 12.9. The predicted octanol–water partition coefficient (Wildman–Crippen LogP) is 0.523.